The lowest BCUT2D eigenvalue weighted by Crippen LogP contribution is -2.19. The van der Waals surface area contributed by atoms with Crippen LogP contribution in [-0.2, 0) is 6.54 Å². The van der Waals surface area contributed by atoms with Gasteiger partial charge in [-0.25, -0.2) is 0 Å². The van der Waals surface area contributed by atoms with Crippen LogP contribution < -0.4 is 5.32 Å². The number of ketones is 1. The van der Waals surface area contributed by atoms with Gasteiger partial charge in [0.25, 0.3) is 5.91 Å². The van der Waals surface area contributed by atoms with E-state index in [4.69, 9.17) is 11.6 Å². The first-order valence-corrected chi connectivity index (χ1v) is 9.89. The van der Waals surface area contributed by atoms with E-state index in [1.807, 2.05) is 53.2 Å². The highest BCUT2D eigenvalue weighted by atomic mass is 35.5. The second-order valence-corrected chi connectivity index (χ2v) is 7.28. The van der Waals surface area contributed by atoms with E-state index in [0.717, 1.165) is 5.56 Å². The lowest BCUT2D eigenvalue weighted by Gasteiger charge is -2.13. The fourth-order valence-corrected chi connectivity index (χ4v) is 3.46. The largest absolute Gasteiger partial charge is 0.339 e. The van der Waals surface area contributed by atoms with Crippen LogP contribution in [0.3, 0.4) is 0 Å². The molecule has 0 aliphatic carbocycles. The standard InChI is InChI=1S/C25H19ClN2O2/c26-20-13-14-22(21(16-20)24(29)19-10-5-2-6-11-19)27-25(30)23-12-7-15-28(23)17-18-8-3-1-4-9-18/h1-16H,17H2,(H,27,30). The molecule has 0 fully saturated rings. The van der Waals surface area contributed by atoms with E-state index in [9.17, 15) is 9.59 Å². The van der Waals surface area contributed by atoms with Crippen LogP contribution in [-0.4, -0.2) is 16.3 Å². The van der Waals surface area contributed by atoms with Crippen molar-refractivity contribution in [3.8, 4) is 0 Å². The van der Waals surface area contributed by atoms with Crippen molar-refractivity contribution in [2.24, 2.45) is 0 Å². The van der Waals surface area contributed by atoms with Gasteiger partial charge in [0.15, 0.2) is 5.78 Å². The smallest absolute Gasteiger partial charge is 0.272 e. The van der Waals surface area contributed by atoms with Crippen molar-refractivity contribution in [3.05, 3.63) is 125 Å². The van der Waals surface area contributed by atoms with Gasteiger partial charge in [-0.05, 0) is 35.9 Å². The Kier molecular flexibility index (Phi) is 5.77. The number of anilines is 1. The summed E-state index contributed by atoms with van der Waals surface area (Å²) >= 11 is 6.13. The van der Waals surface area contributed by atoms with Crippen LogP contribution in [0, 0.1) is 0 Å². The van der Waals surface area contributed by atoms with Gasteiger partial charge in [0.2, 0.25) is 0 Å². The van der Waals surface area contributed by atoms with Gasteiger partial charge in [0.05, 0.1) is 5.69 Å². The second-order valence-electron chi connectivity index (χ2n) is 6.85. The van der Waals surface area contributed by atoms with Gasteiger partial charge in [0, 0.05) is 28.9 Å². The molecule has 4 aromatic rings. The summed E-state index contributed by atoms with van der Waals surface area (Å²) in [7, 11) is 0. The summed E-state index contributed by atoms with van der Waals surface area (Å²) in [6.07, 6.45) is 1.86. The zero-order valence-corrected chi connectivity index (χ0v) is 16.8. The molecule has 4 nitrogen and oxygen atoms in total. The summed E-state index contributed by atoms with van der Waals surface area (Å²) in [5.74, 6) is -0.492. The maximum absolute atomic E-state index is 13.0. The number of benzene rings is 3. The van der Waals surface area contributed by atoms with Crippen LogP contribution in [0.25, 0.3) is 0 Å². The van der Waals surface area contributed by atoms with Crippen molar-refractivity contribution in [2.45, 2.75) is 6.54 Å². The molecule has 5 heteroatoms. The monoisotopic (exact) mass is 414 g/mol. The molecule has 148 valence electrons. The third kappa shape index (κ3) is 4.34. The molecule has 0 atom stereocenters. The number of halogens is 1. The Balaban J connectivity index is 1.61. The molecule has 1 N–H and O–H groups in total. The molecule has 0 radical (unpaired) electrons. The first-order chi connectivity index (χ1) is 14.6. The maximum atomic E-state index is 13.0. The highest BCUT2D eigenvalue weighted by Gasteiger charge is 2.18. The first kappa shape index (κ1) is 19.7. The van der Waals surface area contributed by atoms with Crippen LogP contribution in [0.4, 0.5) is 5.69 Å². The molecule has 0 bridgehead atoms. The average molecular weight is 415 g/mol. The second kappa shape index (κ2) is 8.80. The van der Waals surface area contributed by atoms with Gasteiger partial charge in [-0.2, -0.15) is 0 Å². The molecule has 4 rings (SSSR count). The van der Waals surface area contributed by atoms with Gasteiger partial charge in [0.1, 0.15) is 5.69 Å². The highest BCUT2D eigenvalue weighted by molar-refractivity contribution is 6.31. The zero-order valence-electron chi connectivity index (χ0n) is 16.1. The quantitative estimate of drug-likeness (QED) is 0.413. The SMILES string of the molecule is O=C(c1ccccc1)c1cc(Cl)ccc1NC(=O)c1cccn1Cc1ccccc1. The van der Waals surface area contributed by atoms with Crippen LogP contribution in [0.15, 0.2) is 97.2 Å². The zero-order chi connectivity index (χ0) is 20.9. The topological polar surface area (TPSA) is 51.1 Å². The Morgan fingerprint density at radius 2 is 1.53 bits per heavy atom. The van der Waals surface area contributed by atoms with E-state index in [-0.39, 0.29) is 11.7 Å². The van der Waals surface area contributed by atoms with Crippen molar-refractivity contribution >= 4 is 29.0 Å². The Hall–Kier alpha value is -3.63. The molecule has 30 heavy (non-hydrogen) atoms. The number of aromatic nitrogens is 1. The van der Waals surface area contributed by atoms with Crippen molar-refractivity contribution in [1.82, 2.24) is 4.57 Å². The minimum absolute atomic E-state index is 0.201. The summed E-state index contributed by atoms with van der Waals surface area (Å²) in [5, 5.41) is 3.31. The van der Waals surface area contributed by atoms with Gasteiger partial charge in [-0.1, -0.05) is 72.3 Å². The van der Waals surface area contributed by atoms with Crippen molar-refractivity contribution in [2.75, 3.05) is 5.32 Å². The average Bonchev–Trinajstić information content (AvgIpc) is 3.24. The number of hydrogen-bond acceptors (Lipinski definition) is 2. The maximum Gasteiger partial charge on any atom is 0.272 e. The highest BCUT2D eigenvalue weighted by Crippen LogP contribution is 2.24. The molecule has 1 heterocycles. The van der Waals surface area contributed by atoms with E-state index in [1.54, 1.807) is 48.5 Å². The number of hydrogen-bond donors (Lipinski definition) is 1. The predicted octanol–water partition coefficient (Wildman–Crippen LogP) is 5.67. The summed E-state index contributed by atoms with van der Waals surface area (Å²) in [6.45, 7) is 0.576. The molecule has 0 unspecified atom stereocenters. The third-order valence-corrected chi connectivity index (χ3v) is 5.00. The van der Waals surface area contributed by atoms with E-state index < -0.39 is 0 Å². The van der Waals surface area contributed by atoms with E-state index >= 15 is 0 Å². The molecule has 0 saturated carbocycles. The van der Waals surface area contributed by atoms with Crippen molar-refractivity contribution in [1.29, 1.82) is 0 Å². The van der Waals surface area contributed by atoms with E-state index in [0.29, 0.717) is 34.1 Å². The summed E-state index contributed by atoms with van der Waals surface area (Å²) in [5.41, 5.74) is 2.90. The van der Waals surface area contributed by atoms with Gasteiger partial charge in [-0.15, -0.1) is 0 Å². The summed E-state index contributed by atoms with van der Waals surface area (Å²) in [4.78, 5) is 26.0. The predicted molar refractivity (Wildman–Crippen MR) is 119 cm³/mol. The Bertz CT molecular complexity index is 1180. The molecular formula is C25H19ClN2O2. The molecule has 1 amide bonds. The van der Waals surface area contributed by atoms with Gasteiger partial charge in [-0.3, -0.25) is 9.59 Å². The number of carbonyl (C=O) groups excluding carboxylic acids is 2. The van der Waals surface area contributed by atoms with E-state index in [1.165, 1.54) is 0 Å². The lowest BCUT2D eigenvalue weighted by atomic mass is 10.0. The van der Waals surface area contributed by atoms with Crippen LogP contribution in [0.1, 0.15) is 32.0 Å². The van der Waals surface area contributed by atoms with Crippen molar-refractivity contribution < 1.29 is 9.59 Å². The van der Waals surface area contributed by atoms with Crippen molar-refractivity contribution in [3.63, 3.8) is 0 Å². The third-order valence-electron chi connectivity index (χ3n) is 4.77. The van der Waals surface area contributed by atoms with E-state index in [2.05, 4.69) is 5.32 Å². The molecule has 0 saturated heterocycles. The fraction of sp³-hybridized carbons (Fsp3) is 0.0400. The number of nitrogens with one attached hydrogen (secondary N) is 1. The Labute approximate surface area is 179 Å². The lowest BCUT2D eigenvalue weighted by molar-refractivity contribution is 0.101. The number of nitrogens with zero attached hydrogens (tertiary/aromatic N) is 1. The summed E-state index contributed by atoms with van der Waals surface area (Å²) in [6, 6.07) is 27.3. The normalized spacial score (nSPS) is 10.6. The fourth-order valence-electron chi connectivity index (χ4n) is 3.28. The van der Waals surface area contributed by atoms with Gasteiger partial charge >= 0.3 is 0 Å². The molecule has 0 spiro atoms. The van der Waals surface area contributed by atoms with Crippen LogP contribution >= 0.6 is 11.6 Å². The molecular weight excluding hydrogens is 396 g/mol. The summed E-state index contributed by atoms with van der Waals surface area (Å²) < 4.78 is 1.87. The minimum Gasteiger partial charge on any atom is -0.339 e. The molecule has 3 aromatic carbocycles. The Morgan fingerprint density at radius 3 is 2.27 bits per heavy atom. The number of rotatable bonds is 6. The Morgan fingerprint density at radius 1 is 0.833 bits per heavy atom. The minimum atomic E-state index is -0.291. The molecule has 0 aliphatic heterocycles. The van der Waals surface area contributed by atoms with Gasteiger partial charge < -0.3 is 9.88 Å². The van der Waals surface area contributed by atoms with Crippen LogP contribution in [0.2, 0.25) is 5.02 Å². The first-order valence-electron chi connectivity index (χ1n) is 9.51. The number of amides is 1. The molecule has 1 aromatic heterocycles. The number of carbonyl (C=O) groups is 2. The molecule has 0 aliphatic rings. The van der Waals surface area contributed by atoms with Crippen LogP contribution in [0.5, 0.6) is 0 Å².